The topological polar surface area (TPSA) is 21.3 Å². The SMILES string of the molecule is CCCNC(C)c1ccc(OCc2sccc2Br)c(C)c1. The first-order valence-corrected chi connectivity index (χ1v) is 8.97. The zero-order valence-corrected chi connectivity index (χ0v) is 15.2. The molecule has 1 atom stereocenters. The number of aryl methyl sites for hydroxylation is 1. The molecule has 0 saturated heterocycles. The van der Waals surface area contributed by atoms with Gasteiger partial charge in [0, 0.05) is 10.5 Å². The zero-order chi connectivity index (χ0) is 15.2. The molecule has 0 aliphatic carbocycles. The molecule has 21 heavy (non-hydrogen) atoms. The Hall–Kier alpha value is -0.840. The molecule has 0 aliphatic heterocycles. The highest BCUT2D eigenvalue weighted by Crippen LogP contribution is 2.27. The minimum absolute atomic E-state index is 0.379. The molecule has 0 amide bonds. The number of rotatable bonds is 7. The summed E-state index contributed by atoms with van der Waals surface area (Å²) in [6.07, 6.45) is 1.15. The number of hydrogen-bond acceptors (Lipinski definition) is 3. The van der Waals surface area contributed by atoms with E-state index in [4.69, 9.17) is 4.74 Å². The van der Waals surface area contributed by atoms with Gasteiger partial charge in [0.25, 0.3) is 0 Å². The smallest absolute Gasteiger partial charge is 0.124 e. The van der Waals surface area contributed by atoms with E-state index in [0.717, 1.165) is 23.2 Å². The standard InChI is InChI=1S/C17H22BrNOS/c1-4-8-19-13(3)14-5-6-16(12(2)10-14)20-11-17-15(18)7-9-21-17/h5-7,9-10,13,19H,4,8,11H2,1-3H3. The van der Waals surface area contributed by atoms with Crippen molar-refractivity contribution in [2.75, 3.05) is 6.54 Å². The van der Waals surface area contributed by atoms with Crippen molar-refractivity contribution in [3.05, 3.63) is 50.1 Å². The first-order valence-electron chi connectivity index (χ1n) is 7.30. The monoisotopic (exact) mass is 367 g/mol. The Kier molecular flexibility index (Phi) is 6.27. The third-order valence-corrected chi connectivity index (χ3v) is 5.35. The van der Waals surface area contributed by atoms with Crippen molar-refractivity contribution in [2.45, 2.75) is 39.8 Å². The normalized spacial score (nSPS) is 12.4. The highest BCUT2D eigenvalue weighted by molar-refractivity contribution is 9.10. The molecule has 0 saturated carbocycles. The maximum Gasteiger partial charge on any atom is 0.124 e. The summed E-state index contributed by atoms with van der Waals surface area (Å²) in [7, 11) is 0. The third-order valence-electron chi connectivity index (χ3n) is 3.45. The molecule has 1 unspecified atom stereocenters. The summed E-state index contributed by atoms with van der Waals surface area (Å²) in [5.41, 5.74) is 2.50. The quantitative estimate of drug-likeness (QED) is 0.701. The average molecular weight is 368 g/mol. The van der Waals surface area contributed by atoms with Crippen LogP contribution in [0.1, 0.15) is 42.3 Å². The molecule has 4 heteroatoms. The lowest BCUT2D eigenvalue weighted by molar-refractivity contribution is 0.307. The Bertz CT molecular complexity index is 582. The minimum atomic E-state index is 0.379. The second-order valence-corrected chi connectivity index (χ2v) is 7.04. The largest absolute Gasteiger partial charge is 0.488 e. The lowest BCUT2D eigenvalue weighted by atomic mass is 10.0. The Morgan fingerprint density at radius 3 is 2.76 bits per heavy atom. The molecule has 0 bridgehead atoms. The number of hydrogen-bond donors (Lipinski definition) is 1. The van der Waals surface area contributed by atoms with Gasteiger partial charge in [-0.1, -0.05) is 19.1 Å². The Labute approximate surface area is 139 Å². The molecule has 0 fully saturated rings. The molecule has 1 aromatic carbocycles. The van der Waals surface area contributed by atoms with Gasteiger partial charge in [0.15, 0.2) is 0 Å². The number of ether oxygens (including phenoxy) is 1. The summed E-state index contributed by atoms with van der Waals surface area (Å²) in [6, 6.07) is 8.88. The number of benzene rings is 1. The van der Waals surface area contributed by atoms with Crippen molar-refractivity contribution in [3.63, 3.8) is 0 Å². The van der Waals surface area contributed by atoms with E-state index in [-0.39, 0.29) is 0 Å². The van der Waals surface area contributed by atoms with Crippen LogP contribution in [0, 0.1) is 6.92 Å². The maximum atomic E-state index is 5.94. The number of halogens is 1. The van der Waals surface area contributed by atoms with Crippen molar-refractivity contribution in [1.29, 1.82) is 0 Å². The molecule has 1 heterocycles. The Balaban J connectivity index is 2.00. The van der Waals surface area contributed by atoms with Crippen LogP contribution in [0.25, 0.3) is 0 Å². The van der Waals surface area contributed by atoms with Crippen LogP contribution in [0.5, 0.6) is 5.75 Å². The second kappa shape index (κ2) is 7.97. The van der Waals surface area contributed by atoms with E-state index in [9.17, 15) is 0 Å². The van der Waals surface area contributed by atoms with Crippen LogP contribution < -0.4 is 10.1 Å². The van der Waals surface area contributed by atoms with Crippen molar-refractivity contribution < 1.29 is 4.74 Å². The van der Waals surface area contributed by atoms with E-state index in [1.54, 1.807) is 11.3 Å². The van der Waals surface area contributed by atoms with Gasteiger partial charge in [0.2, 0.25) is 0 Å². The van der Waals surface area contributed by atoms with Crippen LogP contribution in [-0.2, 0) is 6.61 Å². The molecule has 2 rings (SSSR count). The summed E-state index contributed by atoms with van der Waals surface area (Å²) >= 11 is 5.25. The third kappa shape index (κ3) is 4.56. The molecule has 0 spiro atoms. The first-order chi connectivity index (χ1) is 10.1. The van der Waals surface area contributed by atoms with Crippen molar-refractivity contribution in [1.82, 2.24) is 5.32 Å². The summed E-state index contributed by atoms with van der Waals surface area (Å²) in [5.74, 6) is 0.960. The predicted molar refractivity (Wildman–Crippen MR) is 94.2 cm³/mol. The zero-order valence-electron chi connectivity index (χ0n) is 12.8. The van der Waals surface area contributed by atoms with E-state index in [0.29, 0.717) is 12.6 Å². The number of nitrogens with one attached hydrogen (secondary N) is 1. The van der Waals surface area contributed by atoms with Gasteiger partial charge >= 0.3 is 0 Å². The molecular weight excluding hydrogens is 346 g/mol. The Morgan fingerprint density at radius 2 is 2.14 bits per heavy atom. The van der Waals surface area contributed by atoms with Gasteiger partial charge in [-0.3, -0.25) is 0 Å². The first kappa shape index (κ1) is 16.5. The molecule has 2 aromatic rings. The van der Waals surface area contributed by atoms with Gasteiger partial charge in [-0.25, -0.2) is 0 Å². The van der Waals surface area contributed by atoms with Crippen molar-refractivity contribution in [3.8, 4) is 5.75 Å². The fourth-order valence-electron chi connectivity index (χ4n) is 2.15. The van der Waals surface area contributed by atoms with Gasteiger partial charge in [-0.05, 0) is 71.4 Å². The summed E-state index contributed by atoms with van der Waals surface area (Å²) in [4.78, 5) is 1.22. The molecule has 0 radical (unpaired) electrons. The van der Waals surface area contributed by atoms with Crippen LogP contribution in [0.2, 0.25) is 0 Å². The van der Waals surface area contributed by atoms with E-state index < -0.39 is 0 Å². The second-order valence-electron chi connectivity index (χ2n) is 5.18. The van der Waals surface area contributed by atoms with E-state index in [1.807, 2.05) is 0 Å². The van der Waals surface area contributed by atoms with Crippen LogP contribution in [0.15, 0.2) is 34.1 Å². The molecular formula is C17H22BrNOS. The van der Waals surface area contributed by atoms with Gasteiger partial charge in [0.1, 0.15) is 12.4 Å². The highest BCUT2D eigenvalue weighted by Gasteiger charge is 2.08. The lowest BCUT2D eigenvalue weighted by Crippen LogP contribution is -2.19. The van der Waals surface area contributed by atoms with E-state index in [2.05, 4.69) is 71.7 Å². The Morgan fingerprint density at radius 1 is 1.33 bits per heavy atom. The predicted octanol–water partition coefficient (Wildman–Crippen LogP) is 5.46. The maximum absolute atomic E-state index is 5.94. The van der Waals surface area contributed by atoms with Gasteiger partial charge in [-0.2, -0.15) is 0 Å². The van der Waals surface area contributed by atoms with Crippen molar-refractivity contribution in [2.24, 2.45) is 0 Å². The highest BCUT2D eigenvalue weighted by atomic mass is 79.9. The van der Waals surface area contributed by atoms with Crippen LogP contribution in [0.3, 0.4) is 0 Å². The number of thiophene rings is 1. The average Bonchev–Trinajstić information content (AvgIpc) is 2.88. The molecule has 2 nitrogen and oxygen atoms in total. The molecule has 1 aromatic heterocycles. The van der Waals surface area contributed by atoms with Crippen LogP contribution in [0.4, 0.5) is 0 Å². The molecule has 1 N–H and O–H groups in total. The molecule has 0 aliphatic rings. The van der Waals surface area contributed by atoms with Crippen LogP contribution >= 0.6 is 27.3 Å². The van der Waals surface area contributed by atoms with Crippen molar-refractivity contribution >= 4 is 27.3 Å². The minimum Gasteiger partial charge on any atom is -0.488 e. The fraction of sp³-hybridized carbons (Fsp3) is 0.412. The van der Waals surface area contributed by atoms with E-state index >= 15 is 0 Å². The fourth-order valence-corrected chi connectivity index (χ4v) is 3.53. The lowest BCUT2D eigenvalue weighted by Gasteiger charge is -2.16. The van der Waals surface area contributed by atoms with Gasteiger partial charge in [-0.15, -0.1) is 11.3 Å². The summed E-state index contributed by atoms with van der Waals surface area (Å²) in [5, 5.41) is 5.58. The van der Waals surface area contributed by atoms with Gasteiger partial charge < -0.3 is 10.1 Å². The molecule has 114 valence electrons. The summed E-state index contributed by atoms with van der Waals surface area (Å²) < 4.78 is 7.06. The van der Waals surface area contributed by atoms with Gasteiger partial charge in [0.05, 0.1) is 4.88 Å². The van der Waals surface area contributed by atoms with Crippen LogP contribution in [-0.4, -0.2) is 6.54 Å². The summed E-state index contributed by atoms with van der Waals surface area (Å²) in [6.45, 7) is 8.15. The van der Waals surface area contributed by atoms with E-state index in [1.165, 1.54) is 16.0 Å².